The van der Waals surface area contributed by atoms with Crippen molar-refractivity contribution in [2.75, 3.05) is 5.32 Å². The summed E-state index contributed by atoms with van der Waals surface area (Å²) in [5.41, 5.74) is 2.36. The van der Waals surface area contributed by atoms with Gasteiger partial charge in [-0.25, -0.2) is 19.3 Å². The van der Waals surface area contributed by atoms with Crippen LogP contribution in [0.4, 0.5) is 10.2 Å². The summed E-state index contributed by atoms with van der Waals surface area (Å²) in [7, 11) is 0. The molecule has 2 aliphatic rings. The van der Waals surface area contributed by atoms with Crippen LogP contribution < -0.4 is 5.32 Å². The Morgan fingerprint density at radius 3 is 2.75 bits per heavy atom. The number of anilines is 1. The van der Waals surface area contributed by atoms with Gasteiger partial charge in [0.15, 0.2) is 11.6 Å². The number of halogens is 1. The number of pyridine rings is 1. The second-order valence-electron chi connectivity index (χ2n) is 9.56. The van der Waals surface area contributed by atoms with E-state index in [-0.39, 0.29) is 29.1 Å². The molecule has 0 saturated carbocycles. The molecular weight excluding hydrogens is 457 g/mol. The van der Waals surface area contributed by atoms with E-state index in [0.717, 1.165) is 5.56 Å². The van der Waals surface area contributed by atoms with Gasteiger partial charge in [0.25, 0.3) is 0 Å². The van der Waals surface area contributed by atoms with Crippen LogP contribution in [0.25, 0.3) is 22.6 Å². The topological polar surface area (TPSA) is 109 Å². The van der Waals surface area contributed by atoms with E-state index in [1.54, 1.807) is 42.6 Å². The number of nitrogens with one attached hydrogen (secondary N) is 1. The minimum absolute atomic E-state index is 0.0572. The second kappa shape index (κ2) is 8.76. The van der Waals surface area contributed by atoms with Crippen molar-refractivity contribution < 1.29 is 14.0 Å². The van der Waals surface area contributed by atoms with Gasteiger partial charge in [-0.05, 0) is 43.0 Å². The van der Waals surface area contributed by atoms with Crippen LogP contribution in [0.2, 0.25) is 0 Å². The molecule has 0 fully saturated rings. The van der Waals surface area contributed by atoms with E-state index in [0.29, 0.717) is 47.0 Å². The number of hydrogen-bond donors (Lipinski definition) is 1. The van der Waals surface area contributed by atoms with Crippen molar-refractivity contribution in [2.24, 2.45) is 11.8 Å². The molecule has 1 amide bonds. The molecule has 2 aliphatic carbocycles. The summed E-state index contributed by atoms with van der Waals surface area (Å²) in [6, 6.07) is 11.9. The number of Topliss-reactive ketones (excluding diaryl/α,β-unsaturated/α-hetero) is 1. The molecule has 7 nitrogen and oxygen atoms in total. The molecule has 3 aromatic rings. The van der Waals surface area contributed by atoms with Crippen molar-refractivity contribution >= 4 is 17.5 Å². The van der Waals surface area contributed by atoms with Crippen LogP contribution in [0.15, 0.2) is 54.2 Å². The summed E-state index contributed by atoms with van der Waals surface area (Å²) >= 11 is 0. The van der Waals surface area contributed by atoms with Gasteiger partial charge in [-0.3, -0.25) is 9.59 Å². The lowest BCUT2D eigenvalue weighted by atomic mass is 9.57. The van der Waals surface area contributed by atoms with Crippen LogP contribution in [0, 0.1) is 29.0 Å². The maximum atomic E-state index is 15.0. The van der Waals surface area contributed by atoms with Crippen LogP contribution in [0.5, 0.6) is 0 Å². The highest BCUT2D eigenvalue weighted by Crippen LogP contribution is 2.51. The molecule has 1 N–H and O–H groups in total. The Morgan fingerprint density at radius 1 is 1.25 bits per heavy atom. The molecule has 1 aromatic carbocycles. The standard InChI is InChI=1S/C28H24FN5O2/c1-15-21-9-8-20-24(19-6-4-5-7-22(19)29)33-27(17-10-11-31-23(12-17)32-16(2)35)34-26(20)28(21,3)13-18(14-30)25(15)36/h4-7,10-13,15,21H,8-9H2,1-3H3,(H,31,32,35)/t15-,21-,28-/m1/s1. The molecule has 3 atom stereocenters. The summed E-state index contributed by atoms with van der Waals surface area (Å²) in [4.78, 5) is 38.3. The number of fused-ring (bicyclic) bond motifs is 3. The predicted molar refractivity (Wildman–Crippen MR) is 132 cm³/mol. The van der Waals surface area contributed by atoms with Gasteiger partial charge in [0.05, 0.1) is 17.0 Å². The van der Waals surface area contributed by atoms with Gasteiger partial charge in [0.2, 0.25) is 5.91 Å². The van der Waals surface area contributed by atoms with Crippen molar-refractivity contribution in [3.05, 3.63) is 71.3 Å². The Labute approximate surface area is 208 Å². The van der Waals surface area contributed by atoms with Crippen LogP contribution in [-0.4, -0.2) is 26.6 Å². The molecule has 0 unspecified atom stereocenters. The first-order valence-electron chi connectivity index (χ1n) is 11.8. The third-order valence-electron chi connectivity index (χ3n) is 7.29. The summed E-state index contributed by atoms with van der Waals surface area (Å²) in [5, 5.41) is 12.3. The van der Waals surface area contributed by atoms with E-state index in [4.69, 9.17) is 9.97 Å². The van der Waals surface area contributed by atoms with Crippen molar-refractivity contribution in [1.82, 2.24) is 15.0 Å². The van der Waals surface area contributed by atoms with E-state index < -0.39 is 11.2 Å². The molecule has 8 heteroatoms. The maximum absolute atomic E-state index is 15.0. The number of carbonyl (C=O) groups is 2. The predicted octanol–water partition coefficient (Wildman–Crippen LogP) is 4.79. The average Bonchev–Trinajstić information content (AvgIpc) is 2.86. The van der Waals surface area contributed by atoms with E-state index in [1.165, 1.54) is 13.0 Å². The highest BCUT2D eigenvalue weighted by Gasteiger charge is 2.49. The third-order valence-corrected chi connectivity index (χ3v) is 7.29. The summed E-state index contributed by atoms with van der Waals surface area (Å²) in [5.74, 6) is -0.514. The minimum Gasteiger partial charge on any atom is -0.311 e. The molecular formula is C28H24FN5O2. The first-order valence-corrected chi connectivity index (χ1v) is 11.8. The molecule has 0 saturated heterocycles. The van der Waals surface area contributed by atoms with E-state index in [9.17, 15) is 14.9 Å². The molecule has 180 valence electrons. The number of aromatic nitrogens is 3. The number of carbonyl (C=O) groups excluding carboxylic acids is 2. The Hall–Kier alpha value is -4.25. The maximum Gasteiger partial charge on any atom is 0.222 e. The molecule has 0 bridgehead atoms. The van der Waals surface area contributed by atoms with Crippen molar-refractivity contribution in [2.45, 2.75) is 39.0 Å². The van der Waals surface area contributed by atoms with Gasteiger partial charge < -0.3 is 5.32 Å². The minimum atomic E-state index is -0.711. The summed E-state index contributed by atoms with van der Waals surface area (Å²) in [6.07, 6.45) is 4.55. The zero-order valence-corrected chi connectivity index (χ0v) is 20.2. The molecule has 36 heavy (non-hydrogen) atoms. The van der Waals surface area contributed by atoms with E-state index in [2.05, 4.69) is 16.4 Å². The van der Waals surface area contributed by atoms with Crippen LogP contribution in [0.3, 0.4) is 0 Å². The zero-order chi connectivity index (χ0) is 25.6. The van der Waals surface area contributed by atoms with Crippen molar-refractivity contribution in [3.63, 3.8) is 0 Å². The second-order valence-corrected chi connectivity index (χ2v) is 9.56. The lowest BCUT2D eigenvalue weighted by Crippen LogP contribution is -2.46. The van der Waals surface area contributed by atoms with Gasteiger partial charge >= 0.3 is 0 Å². The number of allylic oxidation sites excluding steroid dienone is 2. The van der Waals surface area contributed by atoms with Gasteiger partial charge in [0.1, 0.15) is 17.7 Å². The van der Waals surface area contributed by atoms with Crippen LogP contribution in [-0.2, 0) is 21.4 Å². The first kappa shape index (κ1) is 23.5. The number of hydrogen-bond acceptors (Lipinski definition) is 6. The number of ketones is 1. The van der Waals surface area contributed by atoms with Crippen LogP contribution >= 0.6 is 0 Å². The molecule has 0 radical (unpaired) electrons. The Kier molecular flexibility index (Phi) is 5.71. The lowest BCUT2D eigenvalue weighted by Gasteiger charge is -2.45. The fourth-order valence-corrected chi connectivity index (χ4v) is 5.60. The Balaban J connectivity index is 1.79. The van der Waals surface area contributed by atoms with E-state index >= 15 is 4.39 Å². The van der Waals surface area contributed by atoms with E-state index in [1.807, 2.05) is 13.8 Å². The highest BCUT2D eigenvalue weighted by atomic mass is 19.1. The number of nitriles is 1. The molecule has 5 rings (SSSR count). The van der Waals surface area contributed by atoms with Crippen molar-refractivity contribution in [1.29, 1.82) is 5.26 Å². The molecule has 0 spiro atoms. The number of rotatable bonds is 3. The number of nitrogens with zero attached hydrogens (tertiary/aromatic N) is 4. The summed E-state index contributed by atoms with van der Waals surface area (Å²) < 4.78 is 15.0. The first-order chi connectivity index (χ1) is 17.2. The molecule has 2 heterocycles. The van der Waals surface area contributed by atoms with Gasteiger partial charge in [-0.2, -0.15) is 5.26 Å². The fourth-order valence-electron chi connectivity index (χ4n) is 5.60. The van der Waals surface area contributed by atoms with Gasteiger partial charge in [-0.15, -0.1) is 0 Å². The normalized spacial score (nSPS) is 22.6. The zero-order valence-electron chi connectivity index (χ0n) is 20.2. The lowest BCUT2D eigenvalue weighted by molar-refractivity contribution is -0.121. The third kappa shape index (κ3) is 3.77. The van der Waals surface area contributed by atoms with Gasteiger partial charge in [0, 0.05) is 41.1 Å². The van der Waals surface area contributed by atoms with Gasteiger partial charge in [-0.1, -0.05) is 32.1 Å². The number of amides is 1. The average molecular weight is 482 g/mol. The Morgan fingerprint density at radius 2 is 2.03 bits per heavy atom. The monoisotopic (exact) mass is 481 g/mol. The number of benzene rings is 1. The highest BCUT2D eigenvalue weighted by molar-refractivity contribution is 6.02. The smallest absolute Gasteiger partial charge is 0.222 e. The Bertz CT molecular complexity index is 1490. The quantitative estimate of drug-likeness (QED) is 0.576. The molecule has 2 aromatic heterocycles. The SMILES string of the molecule is CC(=O)Nc1cc(-c2nc(-c3ccccc3F)c3c(n2)[C@]2(C)C=C(C#N)C(=O)[C@H](C)[C@H]2CC3)ccn1. The fraction of sp³-hybridized carbons (Fsp3) is 0.286. The molecule has 0 aliphatic heterocycles. The van der Waals surface area contributed by atoms with Crippen LogP contribution in [0.1, 0.15) is 38.4 Å². The largest absolute Gasteiger partial charge is 0.311 e. The van der Waals surface area contributed by atoms with Crippen molar-refractivity contribution in [3.8, 4) is 28.7 Å². The summed E-state index contributed by atoms with van der Waals surface area (Å²) in [6.45, 7) is 5.25.